The summed E-state index contributed by atoms with van der Waals surface area (Å²) in [6.45, 7) is 1.84. The van der Waals surface area contributed by atoms with Gasteiger partial charge in [-0.2, -0.15) is 0 Å². The minimum absolute atomic E-state index is 0.319. The third-order valence-corrected chi connectivity index (χ3v) is 7.73. The number of benzene rings is 2. The summed E-state index contributed by atoms with van der Waals surface area (Å²) in [5.41, 5.74) is 1.69. The molecule has 1 atom stereocenters. The fourth-order valence-electron chi connectivity index (χ4n) is 2.64. The van der Waals surface area contributed by atoms with Crippen molar-refractivity contribution in [3.8, 4) is 5.75 Å². The Morgan fingerprint density at radius 1 is 1.16 bits per heavy atom. The van der Waals surface area contributed by atoms with E-state index < -0.39 is 16.1 Å². The number of nitrogens with one attached hydrogen (secondary N) is 1. The molecule has 0 aliphatic carbocycles. The van der Waals surface area contributed by atoms with Gasteiger partial charge in [-0.25, -0.2) is 8.42 Å². The van der Waals surface area contributed by atoms with E-state index in [-0.39, 0.29) is 5.91 Å². The van der Waals surface area contributed by atoms with E-state index >= 15 is 0 Å². The molecule has 0 spiro atoms. The van der Waals surface area contributed by atoms with E-state index in [1.807, 2.05) is 37.3 Å². The van der Waals surface area contributed by atoms with E-state index in [1.54, 1.807) is 36.0 Å². The second-order valence-electron chi connectivity index (χ2n) is 6.88. The van der Waals surface area contributed by atoms with Gasteiger partial charge in [-0.05, 0) is 36.2 Å². The molecule has 11 heteroatoms. The molecule has 1 aromatic heterocycles. The monoisotopic (exact) mass is 492 g/mol. The number of anilines is 2. The number of sulfonamides is 1. The van der Waals surface area contributed by atoms with Gasteiger partial charge in [0.2, 0.25) is 15.2 Å². The molecule has 3 aromatic rings. The average Bonchev–Trinajstić information content (AvgIpc) is 3.23. The van der Waals surface area contributed by atoms with Gasteiger partial charge in [-0.3, -0.25) is 14.4 Å². The quantitative estimate of drug-likeness (QED) is 0.337. The van der Waals surface area contributed by atoms with Crippen LogP contribution in [0.3, 0.4) is 0 Å². The number of carbonyl (C=O) groups is 1. The number of nitrogens with zero attached hydrogens (tertiary/aromatic N) is 3. The number of carbonyl (C=O) groups excluding carboxylic acids is 1. The zero-order valence-electron chi connectivity index (χ0n) is 17.9. The van der Waals surface area contributed by atoms with Crippen LogP contribution in [-0.4, -0.2) is 43.9 Å². The van der Waals surface area contributed by atoms with Crippen molar-refractivity contribution in [2.45, 2.75) is 29.5 Å². The van der Waals surface area contributed by atoms with E-state index in [0.717, 1.165) is 16.3 Å². The predicted molar refractivity (Wildman–Crippen MR) is 129 cm³/mol. The van der Waals surface area contributed by atoms with Crippen molar-refractivity contribution in [1.82, 2.24) is 10.2 Å². The lowest BCUT2D eigenvalue weighted by Crippen LogP contribution is -2.32. The second-order valence-corrected chi connectivity index (χ2v) is 11.1. The smallest absolute Gasteiger partial charge is 0.267 e. The summed E-state index contributed by atoms with van der Waals surface area (Å²) < 4.78 is 31.0. The van der Waals surface area contributed by atoms with Crippen molar-refractivity contribution >= 4 is 49.8 Å². The number of rotatable bonds is 10. The molecule has 170 valence electrons. The topological polar surface area (TPSA) is 101 Å². The van der Waals surface area contributed by atoms with Crippen LogP contribution >= 0.6 is 23.1 Å². The molecular formula is C21H24N4O4S3. The summed E-state index contributed by atoms with van der Waals surface area (Å²) in [5.74, 6) is 0.920. The van der Waals surface area contributed by atoms with Crippen LogP contribution in [0.5, 0.6) is 5.75 Å². The Bertz CT molecular complexity index is 1140. The maximum absolute atomic E-state index is 12.7. The summed E-state index contributed by atoms with van der Waals surface area (Å²) >= 11 is 2.87. The molecular weight excluding hydrogens is 468 g/mol. The van der Waals surface area contributed by atoms with E-state index in [0.29, 0.717) is 23.0 Å². The second kappa shape index (κ2) is 10.8. The van der Waals surface area contributed by atoms with Gasteiger partial charge in [-0.15, -0.1) is 10.2 Å². The lowest BCUT2D eigenvalue weighted by molar-refractivity contribution is -0.122. The average molecular weight is 493 g/mol. The van der Waals surface area contributed by atoms with Gasteiger partial charge >= 0.3 is 0 Å². The fraction of sp³-hybridized carbons (Fsp3) is 0.286. The highest BCUT2D eigenvalue weighted by atomic mass is 32.2. The molecule has 2 aromatic carbocycles. The SMILES string of the molecule is CC[C@@H](Oc1ccc(N(C)S(C)(=O)=O)cc1)C(=O)Nc1nnc(SCc2ccccc2)s1. The van der Waals surface area contributed by atoms with E-state index in [9.17, 15) is 13.2 Å². The van der Waals surface area contributed by atoms with Crippen molar-refractivity contribution in [2.24, 2.45) is 0 Å². The summed E-state index contributed by atoms with van der Waals surface area (Å²) in [6.07, 6.45) is 0.858. The molecule has 8 nitrogen and oxygen atoms in total. The van der Waals surface area contributed by atoms with Crippen LogP contribution in [0.25, 0.3) is 0 Å². The van der Waals surface area contributed by atoms with Crippen molar-refractivity contribution < 1.29 is 17.9 Å². The van der Waals surface area contributed by atoms with Crippen molar-refractivity contribution in [2.75, 3.05) is 22.9 Å². The summed E-state index contributed by atoms with van der Waals surface area (Å²) in [4.78, 5) is 12.7. The Hall–Kier alpha value is -2.63. The molecule has 0 radical (unpaired) electrons. The number of thioether (sulfide) groups is 1. The molecule has 0 unspecified atom stereocenters. The van der Waals surface area contributed by atoms with Gasteiger partial charge in [0.05, 0.1) is 11.9 Å². The number of hydrogen-bond donors (Lipinski definition) is 1. The number of ether oxygens (including phenoxy) is 1. The Morgan fingerprint density at radius 3 is 2.47 bits per heavy atom. The normalized spacial score (nSPS) is 12.2. The lowest BCUT2D eigenvalue weighted by Gasteiger charge is -2.19. The van der Waals surface area contributed by atoms with Crippen LogP contribution in [0.2, 0.25) is 0 Å². The molecule has 3 rings (SSSR count). The van der Waals surface area contributed by atoms with Gasteiger partial charge in [-0.1, -0.05) is 60.4 Å². The highest BCUT2D eigenvalue weighted by molar-refractivity contribution is 8.00. The first kappa shape index (κ1) is 24.0. The highest BCUT2D eigenvalue weighted by Gasteiger charge is 2.21. The zero-order chi connectivity index (χ0) is 23.1. The van der Waals surface area contributed by atoms with Gasteiger partial charge in [0, 0.05) is 12.8 Å². The first-order chi connectivity index (χ1) is 15.3. The maximum atomic E-state index is 12.7. The van der Waals surface area contributed by atoms with E-state index in [2.05, 4.69) is 15.5 Å². The maximum Gasteiger partial charge on any atom is 0.267 e. The molecule has 0 aliphatic heterocycles. The molecule has 32 heavy (non-hydrogen) atoms. The predicted octanol–water partition coefficient (Wildman–Crippen LogP) is 4.02. The standard InChI is InChI=1S/C21H24N4O4S3/c1-4-18(29-17-12-10-16(11-13-17)25(2)32(3,27)28)19(26)22-20-23-24-21(31-20)30-14-15-8-6-5-7-9-15/h5-13,18H,4,14H2,1-3H3,(H,22,23,26)/t18-/m1/s1. The van der Waals surface area contributed by atoms with Crippen LogP contribution < -0.4 is 14.4 Å². The molecule has 0 aliphatic rings. The molecule has 1 N–H and O–H groups in total. The van der Waals surface area contributed by atoms with Crippen LogP contribution in [0, 0.1) is 0 Å². The summed E-state index contributed by atoms with van der Waals surface area (Å²) in [5, 5.41) is 11.3. The van der Waals surface area contributed by atoms with Crippen LogP contribution in [0.15, 0.2) is 58.9 Å². The van der Waals surface area contributed by atoms with Gasteiger partial charge in [0.25, 0.3) is 5.91 Å². The van der Waals surface area contributed by atoms with Crippen molar-refractivity contribution in [3.63, 3.8) is 0 Å². The number of aromatic nitrogens is 2. The lowest BCUT2D eigenvalue weighted by atomic mass is 10.2. The van der Waals surface area contributed by atoms with Crippen molar-refractivity contribution in [1.29, 1.82) is 0 Å². The Balaban J connectivity index is 1.56. The molecule has 0 saturated heterocycles. The zero-order valence-corrected chi connectivity index (χ0v) is 20.3. The molecule has 0 bridgehead atoms. The van der Waals surface area contributed by atoms with E-state index in [1.165, 1.54) is 28.3 Å². The number of hydrogen-bond acceptors (Lipinski definition) is 8. The fourth-order valence-corrected chi connectivity index (χ4v) is 4.85. The first-order valence-corrected chi connectivity index (χ1v) is 13.4. The molecule has 1 heterocycles. The minimum Gasteiger partial charge on any atom is -0.481 e. The summed E-state index contributed by atoms with van der Waals surface area (Å²) in [6, 6.07) is 16.6. The van der Waals surface area contributed by atoms with Gasteiger partial charge in [0.15, 0.2) is 10.4 Å². The molecule has 0 fully saturated rings. The Morgan fingerprint density at radius 2 is 1.84 bits per heavy atom. The summed E-state index contributed by atoms with van der Waals surface area (Å²) in [7, 11) is -1.87. The van der Waals surface area contributed by atoms with Gasteiger partial charge < -0.3 is 4.74 Å². The largest absolute Gasteiger partial charge is 0.481 e. The third kappa shape index (κ3) is 6.68. The number of amides is 1. The Labute approximate surface area is 196 Å². The Kier molecular flexibility index (Phi) is 8.10. The van der Waals surface area contributed by atoms with Crippen LogP contribution in [0.1, 0.15) is 18.9 Å². The third-order valence-electron chi connectivity index (χ3n) is 4.48. The minimum atomic E-state index is -3.35. The first-order valence-electron chi connectivity index (χ1n) is 9.78. The van der Waals surface area contributed by atoms with Crippen molar-refractivity contribution in [3.05, 3.63) is 60.2 Å². The highest BCUT2D eigenvalue weighted by Crippen LogP contribution is 2.28. The van der Waals surface area contributed by atoms with E-state index in [4.69, 9.17) is 4.74 Å². The van der Waals surface area contributed by atoms with Crippen LogP contribution in [0.4, 0.5) is 10.8 Å². The molecule has 1 amide bonds. The molecule has 0 saturated carbocycles. The van der Waals surface area contributed by atoms with Gasteiger partial charge in [0.1, 0.15) is 5.75 Å². The van der Waals surface area contributed by atoms with Crippen LogP contribution in [-0.2, 0) is 20.6 Å².